The third kappa shape index (κ3) is 3.04. The number of carbonyl (C=O) groups excluding carboxylic acids is 1. The fourth-order valence-corrected chi connectivity index (χ4v) is 1.78. The summed E-state index contributed by atoms with van der Waals surface area (Å²) in [4.78, 5) is 11.5. The van der Waals surface area contributed by atoms with E-state index < -0.39 is 6.43 Å². The average Bonchev–Trinajstić information content (AvgIpc) is 3.08. The summed E-state index contributed by atoms with van der Waals surface area (Å²) in [6.45, 7) is -0.0816. The molecule has 1 aromatic heterocycles. The maximum atomic E-state index is 12.6. The highest BCUT2D eigenvalue weighted by Gasteiger charge is 2.30. The number of hydrogen-bond donors (Lipinski definition) is 2. The molecule has 1 aliphatic rings. The molecule has 1 aromatic rings. The third-order valence-corrected chi connectivity index (χ3v) is 2.78. The Labute approximate surface area is 103 Å². The minimum absolute atomic E-state index is 0.0848. The van der Waals surface area contributed by atoms with Crippen LogP contribution in [-0.4, -0.2) is 33.9 Å². The number of carbonyl (C=O) groups is 1. The number of nitrogens with zero attached hydrogens (tertiary/aromatic N) is 2. The lowest BCUT2D eigenvalue weighted by molar-refractivity contribution is -0.122. The highest BCUT2D eigenvalue weighted by atomic mass is 19.3. The maximum absolute atomic E-state index is 12.6. The van der Waals surface area contributed by atoms with E-state index in [1.165, 1.54) is 10.7 Å². The predicted molar refractivity (Wildman–Crippen MR) is 59.3 cm³/mol. The van der Waals surface area contributed by atoms with Crippen LogP contribution in [0.4, 0.5) is 8.78 Å². The van der Waals surface area contributed by atoms with Crippen LogP contribution >= 0.6 is 0 Å². The monoisotopic (exact) mass is 259 g/mol. The van der Waals surface area contributed by atoms with Crippen LogP contribution in [0.3, 0.4) is 0 Å². The van der Waals surface area contributed by atoms with Gasteiger partial charge in [0.05, 0.1) is 6.61 Å². The molecule has 0 unspecified atom stereocenters. The number of aliphatic hydroxyl groups is 1. The van der Waals surface area contributed by atoms with Gasteiger partial charge in [-0.2, -0.15) is 5.10 Å². The van der Waals surface area contributed by atoms with Crippen LogP contribution in [0.2, 0.25) is 0 Å². The number of rotatable bonds is 6. The Morgan fingerprint density at radius 1 is 1.61 bits per heavy atom. The SMILES string of the molecule is O=C(Cn1nc(C(F)F)cc1C1CC1)NCCO. The zero-order valence-electron chi connectivity index (χ0n) is 9.77. The van der Waals surface area contributed by atoms with Crippen molar-refractivity contribution < 1.29 is 18.7 Å². The number of aromatic nitrogens is 2. The van der Waals surface area contributed by atoms with Crippen molar-refractivity contribution in [3.8, 4) is 0 Å². The first kappa shape index (κ1) is 12.9. The van der Waals surface area contributed by atoms with Gasteiger partial charge in [0, 0.05) is 18.2 Å². The molecule has 0 radical (unpaired) electrons. The zero-order chi connectivity index (χ0) is 13.1. The largest absolute Gasteiger partial charge is 0.395 e. The van der Waals surface area contributed by atoms with Crippen molar-refractivity contribution in [2.75, 3.05) is 13.2 Å². The number of amides is 1. The van der Waals surface area contributed by atoms with Crippen molar-refractivity contribution in [2.24, 2.45) is 0 Å². The van der Waals surface area contributed by atoms with E-state index in [0.717, 1.165) is 12.8 Å². The van der Waals surface area contributed by atoms with Crippen LogP contribution < -0.4 is 5.32 Å². The predicted octanol–water partition coefficient (Wildman–Crippen LogP) is 0.807. The Hall–Kier alpha value is -1.50. The average molecular weight is 259 g/mol. The second kappa shape index (κ2) is 5.43. The molecule has 7 heteroatoms. The summed E-state index contributed by atoms with van der Waals surface area (Å²) in [6, 6.07) is 1.38. The molecule has 1 heterocycles. The van der Waals surface area contributed by atoms with Gasteiger partial charge in [0.2, 0.25) is 5.91 Å². The van der Waals surface area contributed by atoms with E-state index in [1.807, 2.05) is 0 Å². The summed E-state index contributed by atoms with van der Waals surface area (Å²) in [6.07, 6.45) is -0.719. The molecule has 0 aliphatic heterocycles. The lowest BCUT2D eigenvalue weighted by atomic mass is 10.2. The summed E-state index contributed by atoms with van der Waals surface area (Å²) in [5, 5.41) is 14.8. The Kier molecular flexibility index (Phi) is 3.90. The van der Waals surface area contributed by atoms with Gasteiger partial charge >= 0.3 is 0 Å². The topological polar surface area (TPSA) is 67.2 Å². The first-order chi connectivity index (χ1) is 8.61. The van der Waals surface area contributed by atoms with Gasteiger partial charge in [0.25, 0.3) is 6.43 Å². The molecule has 0 bridgehead atoms. The Balaban J connectivity index is 2.08. The lowest BCUT2D eigenvalue weighted by Gasteiger charge is -2.06. The summed E-state index contributed by atoms with van der Waals surface area (Å²) in [5.41, 5.74) is 0.413. The molecule has 1 saturated carbocycles. The van der Waals surface area contributed by atoms with Crippen LogP contribution in [0.1, 0.15) is 36.6 Å². The highest BCUT2D eigenvalue weighted by molar-refractivity contribution is 5.75. The normalized spacial score (nSPS) is 15.1. The van der Waals surface area contributed by atoms with Crippen molar-refractivity contribution in [3.05, 3.63) is 17.5 Å². The zero-order valence-corrected chi connectivity index (χ0v) is 9.77. The summed E-state index contributed by atoms with van der Waals surface area (Å²) >= 11 is 0. The molecule has 0 saturated heterocycles. The molecule has 2 N–H and O–H groups in total. The van der Waals surface area contributed by atoms with Gasteiger partial charge in [0.15, 0.2) is 0 Å². The molecule has 0 spiro atoms. The standard InChI is InChI=1S/C11H15F2N3O2/c12-11(13)8-5-9(7-1-2-7)16(15-8)6-10(18)14-3-4-17/h5,7,11,17H,1-4,6H2,(H,14,18). The first-order valence-corrected chi connectivity index (χ1v) is 5.85. The number of alkyl halides is 2. The van der Waals surface area contributed by atoms with E-state index in [4.69, 9.17) is 5.11 Å². The van der Waals surface area contributed by atoms with E-state index in [9.17, 15) is 13.6 Å². The Morgan fingerprint density at radius 2 is 2.33 bits per heavy atom. The minimum atomic E-state index is -2.62. The Bertz CT molecular complexity index is 430. The second-order valence-corrected chi connectivity index (χ2v) is 4.30. The molecule has 0 atom stereocenters. The first-order valence-electron chi connectivity index (χ1n) is 5.85. The minimum Gasteiger partial charge on any atom is -0.395 e. The summed E-state index contributed by atoms with van der Waals surface area (Å²) < 4.78 is 26.5. The molecule has 5 nitrogen and oxygen atoms in total. The van der Waals surface area contributed by atoms with Gasteiger partial charge < -0.3 is 10.4 Å². The lowest BCUT2D eigenvalue weighted by Crippen LogP contribution is -2.30. The van der Waals surface area contributed by atoms with Gasteiger partial charge in [0.1, 0.15) is 12.2 Å². The van der Waals surface area contributed by atoms with Crippen LogP contribution in [0, 0.1) is 0 Å². The van der Waals surface area contributed by atoms with Crippen LogP contribution in [0.15, 0.2) is 6.07 Å². The number of halogens is 2. The van der Waals surface area contributed by atoms with E-state index in [1.54, 1.807) is 0 Å². The van der Waals surface area contributed by atoms with Gasteiger partial charge in [-0.05, 0) is 18.9 Å². The number of nitrogens with one attached hydrogen (secondary N) is 1. The van der Waals surface area contributed by atoms with E-state index >= 15 is 0 Å². The van der Waals surface area contributed by atoms with Crippen molar-refractivity contribution in [1.29, 1.82) is 0 Å². The van der Waals surface area contributed by atoms with Crippen molar-refractivity contribution in [1.82, 2.24) is 15.1 Å². The van der Waals surface area contributed by atoms with Gasteiger partial charge in [-0.15, -0.1) is 0 Å². The van der Waals surface area contributed by atoms with Crippen molar-refractivity contribution in [3.63, 3.8) is 0 Å². The fraction of sp³-hybridized carbons (Fsp3) is 0.636. The smallest absolute Gasteiger partial charge is 0.282 e. The highest BCUT2D eigenvalue weighted by Crippen LogP contribution is 2.41. The molecule has 1 aliphatic carbocycles. The van der Waals surface area contributed by atoms with E-state index in [0.29, 0.717) is 5.69 Å². The molecule has 2 rings (SSSR count). The van der Waals surface area contributed by atoms with Gasteiger partial charge in [-0.3, -0.25) is 9.48 Å². The molecule has 0 aromatic carbocycles. The number of hydrogen-bond acceptors (Lipinski definition) is 3. The third-order valence-electron chi connectivity index (χ3n) is 2.78. The quantitative estimate of drug-likeness (QED) is 0.794. The van der Waals surface area contributed by atoms with Crippen LogP contribution in [-0.2, 0) is 11.3 Å². The van der Waals surface area contributed by atoms with Gasteiger partial charge in [-0.25, -0.2) is 8.78 Å². The van der Waals surface area contributed by atoms with Crippen molar-refractivity contribution >= 4 is 5.91 Å². The van der Waals surface area contributed by atoms with Gasteiger partial charge in [-0.1, -0.05) is 0 Å². The molecular formula is C11H15F2N3O2. The summed E-state index contributed by atoms with van der Waals surface area (Å²) in [7, 11) is 0. The molecule has 18 heavy (non-hydrogen) atoms. The fourth-order valence-electron chi connectivity index (χ4n) is 1.78. The molecular weight excluding hydrogens is 244 g/mol. The van der Waals surface area contributed by atoms with E-state index in [-0.39, 0.29) is 37.2 Å². The maximum Gasteiger partial charge on any atom is 0.282 e. The van der Waals surface area contributed by atoms with Crippen LogP contribution in [0.25, 0.3) is 0 Å². The second-order valence-electron chi connectivity index (χ2n) is 4.30. The Morgan fingerprint density at radius 3 is 2.89 bits per heavy atom. The summed E-state index contributed by atoms with van der Waals surface area (Å²) in [5.74, 6) is -0.0921. The molecule has 100 valence electrons. The van der Waals surface area contributed by atoms with Crippen molar-refractivity contribution in [2.45, 2.75) is 31.7 Å². The van der Waals surface area contributed by atoms with Crippen LogP contribution in [0.5, 0.6) is 0 Å². The molecule has 1 amide bonds. The molecule has 1 fully saturated rings. The van der Waals surface area contributed by atoms with E-state index in [2.05, 4.69) is 10.4 Å². The number of aliphatic hydroxyl groups excluding tert-OH is 1.